The molecule has 0 saturated carbocycles. The maximum atomic E-state index is 3.53. The van der Waals surface area contributed by atoms with E-state index in [0.717, 1.165) is 14.7 Å². The molecule has 0 fully saturated rings. The number of hydrogen-bond acceptors (Lipinski definition) is 1. The van der Waals surface area contributed by atoms with Gasteiger partial charge < -0.3 is 17.0 Å². The van der Waals surface area contributed by atoms with Crippen molar-refractivity contribution in [1.29, 1.82) is 0 Å². The second-order valence-electron chi connectivity index (χ2n) is 5.68. The summed E-state index contributed by atoms with van der Waals surface area (Å²) in [7, 11) is 0. The first kappa shape index (κ1) is 18.2. The van der Waals surface area contributed by atoms with Crippen LogP contribution >= 0.6 is 43.6 Å². The molecule has 0 saturated heterocycles. The number of hydrogen-bond donors (Lipinski definition) is 0. The smallest absolute Gasteiger partial charge is 0.324 e. The molecule has 2 aromatic carbocycles. The zero-order valence-electron chi connectivity index (χ0n) is 12.9. The Hall–Kier alpha value is -0.560. The molecule has 1 atom stereocenters. The number of nitrogens with zero attached hydrogens (tertiary/aromatic N) is 2. The van der Waals surface area contributed by atoms with Gasteiger partial charge in [0.2, 0.25) is 0 Å². The fourth-order valence-electron chi connectivity index (χ4n) is 2.86. The number of halogens is 3. The molecule has 1 aliphatic heterocycles. The van der Waals surface area contributed by atoms with E-state index in [0.29, 0.717) is 6.04 Å². The van der Waals surface area contributed by atoms with Crippen LogP contribution in [0, 0.1) is 0 Å². The molecule has 2 nitrogen and oxygen atoms in total. The van der Waals surface area contributed by atoms with Crippen molar-refractivity contribution in [2.24, 2.45) is 0 Å². The molecule has 0 N–H and O–H groups in total. The Labute approximate surface area is 173 Å². The third kappa shape index (κ3) is 3.26. The Morgan fingerprint density at radius 1 is 1.00 bits per heavy atom. The minimum atomic E-state index is 0. The number of thioether (sulfide) groups is 1. The highest BCUT2D eigenvalue weighted by molar-refractivity contribution is 9.10. The summed E-state index contributed by atoms with van der Waals surface area (Å²) in [5.74, 6) is 1.13. The van der Waals surface area contributed by atoms with E-state index in [1.54, 1.807) is 0 Å². The minimum Gasteiger partial charge on any atom is -1.00 e. The van der Waals surface area contributed by atoms with Gasteiger partial charge in [-0.05, 0) is 67.2 Å². The van der Waals surface area contributed by atoms with E-state index in [1.165, 1.54) is 22.1 Å². The van der Waals surface area contributed by atoms with E-state index in [9.17, 15) is 0 Å². The fraction of sp³-hybridized carbons (Fsp3) is 0.167. The topological polar surface area (TPSA) is 8.81 Å². The van der Waals surface area contributed by atoms with Crippen molar-refractivity contribution >= 4 is 43.6 Å². The van der Waals surface area contributed by atoms with Crippen LogP contribution in [0.15, 0.2) is 68.8 Å². The summed E-state index contributed by atoms with van der Waals surface area (Å²) in [6.07, 6.45) is 2.28. The van der Waals surface area contributed by atoms with Crippen molar-refractivity contribution in [2.75, 3.05) is 5.75 Å². The van der Waals surface area contributed by atoms with Crippen LogP contribution in [-0.2, 0) is 0 Å². The van der Waals surface area contributed by atoms with Gasteiger partial charge in [0.15, 0.2) is 5.69 Å². The molecule has 3 aromatic rings. The third-order valence-electron chi connectivity index (χ3n) is 4.07. The number of rotatable bonds is 2. The van der Waals surface area contributed by atoms with E-state index in [2.05, 4.69) is 103 Å². The first-order valence-corrected chi connectivity index (χ1v) is 10.0. The molecule has 4 rings (SSSR count). The molecule has 0 aliphatic carbocycles. The van der Waals surface area contributed by atoms with Crippen LogP contribution in [0.5, 0.6) is 0 Å². The quantitative estimate of drug-likeness (QED) is 0.463. The van der Waals surface area contributed by atoms with Gasteiger partial charge in [0.25, 0.3) is 0 Å². The summed E-state index contributed by atoms with van der Waals surface area (Å²) in [5, 5.41) is 1.30. The maximum Gasteiger partial charge on any atom is 0.324 e. The van der Waals surface area contributed by atoms with Gasteiger partial charge in [0, 0.05) is 20.3 Å². The molecular weight excluding hydrogens is 516 g/mol. The highest BCUT2D eigenvalue weighted by Crippen LogP contribution is 2.35. The standard InChI is InChI=1S/C18H15Br2N2S.BrH/c1-12-11-23-18-21(12)10-17(13-2-4-14(19)5-3-13)22(18)16-8-6-15(20)7-9-16;/h2-10,12H,11H2,1H3;1H/q+1;/p-1. The van der Waals surface area contributed by atoms with Crippen molar-refractivity contribution in [1.82, 2.24) is 4.57 Å². The zero-order chi connectivity index (χ0) is 16.0. The molecular formula is C18H15Br3N2S. The van der Waals surface area contributed by atoms with E-state index < -0.39 is 0 Å². The second-order valence-corrected chi connectivity index (χ2v) is 8.50. The molecule has 6 heteroatoms. The predicted molar refractivity (Wildman–Crippen MR) is 102 cm³/mol. The first-order valence-electron chi connectivity index (χ1n) is 7.45. The van der Waals surface area contributed by atoms with Gasteiger partial charge in [-0.1, -0.05) is 31.9 Å². The van der Waals surface area contributed by atoms with E-state index >= 15 is 0 Å². The summed E-state index contributed by atoms with van der Waals surface area (Å²) in [6, 6.07) is 17.6. The van der Waals surface area contributed by atoms with Crippen molar-refractivity contribution in [3.63, 3.8) is 0 Å². The van der Waals surface area contributed by atoms with Crippen LogP contribution in [0.2, 0.25) is 0 Å². The largest absolute Gasteiger partial charge is 1.00 e. The molecule has 24 heavy (non-hydrogen) atoms. The van der Waals surface area contributed by atoms with Crippen molar-refractivity contribution in [3.05, 3.63) is 63.7 Å². The van der Waals surface area contributed by atoms with Gasteiger partial charge in [0.05, 0.1) is 0 Å². The maximum absolute atomic E-state index is 3.53. The Morgan fingerprint density at radius 2 is 1.58 bits per heavy atom. The number of aromatic nitrogens is 2. The normalized spacial score (nSPS) is 15.9. The molecule has 1 unspecified atom stereocenters. The summed E-state index contributed by atoms with van der Waals surface area (Å²) >= 11 is 8.97. The second kappa shape index (κ2) is 7.36. The Kier molecular flexibility index (Phi) is 5.59. The number of benzene rings is 2. The van der Waals surface area contributed by atoms with Crippen LogP contribution in [0.3, 0.4) is 0 Å². The van der Waals surface area contributed by atoms with Gasteiger partial charge in [-0.2, -0.15) is 4.57 Å². The minimum absolute atomic E-state index is 0. The lowest BCUT2D eigenvalue weighted by Crippen LogP contribution is -3.00. The summed E-state index contributed by atoms with van der Waals surface area (Å²) in [6.45, 7) is 2.28. The Bertz CT molecular complexity index is 857. The Balaban J connectivity index is 0.00000169. The SMILES string of the molecule is CC1CSc2n(-c3ccc(Br)cc3)c(-c3ccc(Br)cc3)c[n+]21.[Br-]. The third-order valence-corrected chi connectivity index (χ3v) is 6.43. The summed E-state index contributed by atoms with van der Waals surface area (Å²) in [4.78, 5) is 0. The zero-order valence-corrected chi connectivity index (χ0v) is 18.5. The molecule has 2 heterocycles. The lowest BCUT2D eigenvalue weighted by molar-refractivity contribution is -0.744. The fourth-order valence-corrected chi connectivity index (χ4v) is 4.65. The average Bonchev–Trinajstić information content (AvgIpc) is 3.09. The van der Waals surface area contributed by atoms with Crippen LogP contribution < -0.4 is 21.5 Å². The lowest BCUT2D eigenvalue weighted by atomic mass is 10.1. The van der Waals surface area contributed by atoms with Crippen LogP contribution in [-0.4, -0.2) is 10.3 Å². The monoisotopic (exact) mass is 528 g/mol. The van der Waals surface area contributed by atoms with E-state index in [1.807, 2.05) is 11.8 Å². The van der Waals surface area contributed by atoms with Crippen molar-refractivity contribution in [2.45, 2.75) is 18.1 Å². The Morgan fingerprint density at radius 3 is 2.21 bits per heavy atom. The molecule has 1 aromatic heterocycles. The summed E-state index contributed by atoms with van der Waals surface area (Å²) < 4.78 is 6.96. The molecule has 0 spiro atoms. The van der Waals surface area contributed by atoms with Crippen LogP contribution in [0.25, 0.3) is 16.9 Å². The molecule has 124 valence electrons. The lowest BCUT2D eigenvalue weighted by Gasteiger charge is -2.04. The van der Waals surface area contributed by atoms with Crippen molar-refractivity contribution < 1.29 is 21.5 Å². The molecule has 1 aliphatic rings. The molecule has 0 bridgehead atoms. The first-order chi connectivity index (χ1) is 11.1. The van der Waals surface area contributed by atoms with Gasteiger partial charge in [0.1, 0.15) is 17.9 Å². The predicted octanol–water partition coefficient (Wildman–Crippen LogP) is 2.63. The average molecular weight is 531 g/mol. The van der Waals surface area contributed by atoms with Crippen LogP contribution in [0.1, 0.15) is 13.0 Å². The van der Waals surface area contributed by atoms with Gasteiger partial charge >= 0.3 is 5.16 Å². The number of imidazole rings is 1. The van der Waals surface area contributed by atoms with Crippen molar-refractivity contribution in [3.8, 4) is 16.9 Å². The van der Waals surface area contributed by atoms with E-state index in [-0.39, 0.29) is 17.0 Å². The van der Waals surface area contributed by atoms with Gasteiger partial charge in [-0.25, -0.2) is 4.57 Å². The molecule has 0 radical (unpaired) electrons. The molecule has 0 amide bonds. The highest BCUT2D eigenvalue weighted by Gasteiger charge is 2.34. The van der Waals surface area contributed by atoms with Crippen LogP contribution in [0.4, 0.5) is 0 Å². The van der Waals surface area contributed by atoms with E-state index in [4.69, 9.17) is 0 Å². The number of fused-ring (bicyclic) bond motifs is 1. The van der Waals surface area contributed by atoms with Gasteiger partial charge in [-0.15, -0.1) is 0 Å². The highest BCUT2D eigenvalue weighted by atomic mass is 79.9. The summed E-state index contributed by atoms with van der Waals surface area (Å²) in [5.41, 5.74) is 3.65. The van der Waals surface area contributed by atoms with Gasteiger partial charge in [-0.3, -0.25) is 0 Å².